The van der Waals surface area contributed by atoms with Gasteiger partial charge in [-0.1, -0.05) is 6.92 Å². The molecule has 1 aromatic heterocycles. The zero-order valence-electron chi connectivity index (χ0n) is 12.6. The smallest absolute Gasteiger partial charge is 0.137 e. The van der Waals surface area contributed by atoms with Crippen LogP contribution in [0.4, 0.5) is 11.6 Å². The summed E-state index contributed by atoms with van der Waals surface area (Å²) >= 11 is 0. The van der Waals surface area contributed by atoms with Gasteiger partial charge in [0.05, 0.1) is 12.2 Å². The lowest BCUT2D eigenvalue weighted by molar-refractivity contribution is 0.0301. The molecule has 2 fully saturated rings. The maximum Gasteiger partial charge on any atom is 0.137 e. The summed E-state index contributed by atoms with van der Waals surface area (Å²) in [6.07, 6.45) is 4.01. The lowest BCUT2D eigenvalue weighted by atomic mass is 10.2. The monoisotopic (exact) mass is 276 g/mol. The normalized spacial score (nSPS) is 25.1. The fraction of sp³-hybridized carbons (Fsp3) is 0.733. The fourth-order valence-electron chi connectivity index (χ4n) is 3.14. The summed E-state index contributed by atoms with van der Waals surface area (Å²) < 4.78 is 5.92. The first kappa shape index (κ1) is 13.6. The molecule has 3 rings (SSSR count). The lowest BCUT2D eigenvalue weighted by Gasteiger charge is -2.34. The van der Waals surface area contributed by atoms with Crippen molar-refractivity contribution in [3.8, 4) is 0 Å². The van der Waals surface area contributed by atoms with Gasteiger partial charge in [-0.05, 0) is 26.7 Å². The van der Waals surface area contributed by atoms with Gasteiger partial charge in [0, 0.05) is 31.6 Å². The van der Waals surface area contributed by atoms with Crippen molar-refractivity contribution in [2.24, 2.45) is 0 Å². The van der Waals surface area contributed by atoms with Gasteiger partial charge in [0.1, 0.15) is 17.5 Å². The number of anilines is 2. The summed E-state index contributed by atoms with van der Waals surface area (Å²) in [5.41, 5.74) is 1.16. The molecule has 2 aliphatic rings. The van der Waals surface area contributed by atoms with Crippen molar-refractivity contribution in [2.75, 3.05) is 29.9 Å². The zero-order chi connectivity index (χ0) is 14.1. The van der Waals surface area contributed by atoms with Gasteiger partial charge in [0.15, 0.2) is 0 Å². The van der Waals surface area contributed by atoms with Crippen molar-refractivity contribution in [1.29, 1.82) is 0 Å². The predicted molar refractivity (Wildman–Crippen MR) is 80.4 cm³/mol. The minimum absolute atomic E-state index is 0.385. The SMILES string of the molecule is CCNc1nc(CC)nc(N2CC3CCC(C2)O3)c1C. The summed E-state index contributed by atoms with van der Waals surface area (Å²) in [4.78, 5) is 11.8. The molecule has 1 N–H and O–H groups in total. The Morgan fingerprint density at radius 3 is 2.50 bits per heavy atom. The van der Waals surface area contributed by atoms with E-state index in [1.807, 2.05) is 0 Å². The molecule has 0 radical (unpaired) electrons. The molecule has 2 bridgehead atoms. The molecular formula is C15H24N4O. The largest absolute Gasteiger partial charge is 0.371 e. The van der Waals surface area contributed by atoms with E-state index in [4.69, 9.17) is 9.72 Å². The Labute approximate surface area is 120 Å². The maximum atomic E-state index is 5.92. The van der Waals surface area contributed by atoms with E-state index in [2.05, 4.69) is 36.0 Å². The first-order valence-electron chi connectivity index (χ1n) is 7.73. The van der Waals surface area contributed by atoms with Crippen LogP contribution in [-0.4, -0.2) is 41.8 Å². The first-order chi connectivity index (χ1) is 9.71. The highest BCUT2D eigenvalue weighted by Crippen LogP contribution is 2.31. The molecule has 3 heterocycles. The third kappa shape index (κ3) is 2.46. The second-order valence-electron chi connectivity index (χ2n) is 5.68. The number of hydrogen-bond acceptors (Lipinski definition) is 5. The second-order valence-corrected chi connectivity index (χ2v) is 5.68. The van der Waals surface area contributed by atoms with E-state index in [9.17, 15) is 0 Å². The Morgan fingerprint density at radius 2 is 1.90 bits per heavy atom. The summed E-state index contributed by atoms with van der Waals surface area (Å²) in [6, 6.07) is 0. The third-order valence-electron chi connectivity index (χ3n) is 4.17. The van der Waals surface area contributed by atoms with Crippen LogP contribution in [0, 0.1) is 6.92 Å². The van der Waals surface area contributed by atoms with Crippen LogP contribution >= 0.6 is 0 Å². The molecule has 2 atom stereocenters. The Hall–Kier alpha value is -1.36. The van der Waals surface area contributed by atoms with Crippen LogP contribution in [0.3, 0.4) is 0 Å². The predicted octanol–water partition coefficient (Wildman–Crippen LogP) is 2.15. The molecule has 20 heavy (non-hydrogen) atoms. The molecule has 2 unspecified atom stereocenters. The Morgan fingerprint density at radius 1 is 1.20 bits per heavy atom. The number of aromatic nitrogens is 2. The van der Waals surface area contributed by atoms with E-state index in [0.29, 0.717) is 12.2 Å². The zero-order valence-corrected chi connectivity index (χ0v) is 12.6. The molecule has 0 amide bonds. The topological polar surface area (TPSA) is 50.3 Å². The second kappa shape index (κ2) is 5.56. The van der Waals surface area contributed by atoms with Gasteiger partial charge in [-0.25, -0.2) is 9.97 Å². The minimum Gasteiger partial charge on any atom is -0.371 e. The van der Waals surface area contributed by atoms with E-state index in [0.717, 1.165) is 49.1 Å². The average molecular weight is 276 g/mol. The Kier molecular flexibility index (Phi) is 3.78. The van der Waals surface area contributed by atoms with E-state index in [1.54, 1.807) is 0 Å². The number of nitrogens with one attached hydrogen (secondary N) is 1. The van der Waals surface area contributed by atoms with E-state index < -0.39 is 0 Å². The Bertz CT molecular complexity index is 479. The van der Waals surface area contributed by atoms with Gasteiger partial charge in [0.25, 0.3) is 0 Å². The first-order valence-corrected chi connectivity index (χ1v) is 7.73. The third-order valence-corrected chi connectivity index (χ3v) is 4.17. The van der Waals surface area contributed by atoms with Crippen LogP contribution in [0.15, 0.2) is 0 Å². The van der Waals surface area contributed by atoms with Crippen molar-refractivity contribution in [3.05, 3.63) is 11.4 Å². The molecule has 1 aromatic rings. The molecule has 0 aliphatic carbocycles. The highest BCUT2D eigenvalue weighted by Gasteiger charge is 2.35. The number of ether oxygens (including phenoxy) is 1. The van der Waals surface area contributed by atoms with E-state index in [-0.39, 0.29) is 0 Å². The number of morpholine rings is 1. The van der Waals surface area contributed by atoms with Crippen molar-refractivity contribution >= 4 is 11.6 Å². The molecule has 0 aromatic carbocycles. The van der Waals surface area contributed by atoms with Gasteiger partial charge in [-0.15, -0.1) is 0 Å². The van der Waals surface area contributed by atoms with Crippen molar-refractivity contribution in [3.63, 3.8) is 0 Å². The summed E-state index contributed by atoms with van der Waals surface area (Å²) in [5, 5.41) is 3.36. The summed E-state index contributed by atoms with van der Waals surface area (Å²) in [7, 11) is 0. The molecular weight excluding hydrogens is 252 g/mol. The quantitative estimate of drug-likeness (QED) is 0.913. The van der Waals surface area contributed by atoms with Crippen LogP contribution in [-0.2, 0) is 11.2 Å². The summed E-state index contributed by atoms with van der Waals surface area (Å²) in [5.74, 6) is 2.99. The molecule has 0 saturated carbocycles. The van der Waals surface area contributed by atoms with Crippen molar-refractivity contribution in [2.45, 2.75) is 52.2 Å². The van der Waals surface area contributed by atoms with Gasteiger partial charge >= 0.3 is 0 Å². The maximum absolute atomic E-state index is 5.92. The van der Waals surface area contributed by atoms with Gasteiger partial charge < -0.3 is 15.0 Å². The molecule has 2 aliphatic heterocycles. The van der Waals surface area contributed by atoms with Crippen molar-refractivity contribution < 1.29 is 4.74 Å². The van der Waals surface area contributed by atoms with Crippen LogP contribution < -0.4 is 10.2 Å². The van der Waals surface area contributed by atoms with Gasteiger partial charge in [-0.3, -0.25) is 0 Å². The lowest BCUT2D eigenvalue weighted by Crippen LogP contribution is -2.43. The fourth-order valence-corrected chi connectivity index (χ4v) is 3.14. The van der Waals surface area contributed by atoms with Crippen LogP contribution in [0.1, 0.15) is 38.1 Å². The van der Waals surface area contributed by atoms with Crippen LogP contribution in [0.25, 0.3) is 0 Å². The van der Waals surface area contributed by atoms with E-state index >= 15 is 0 Å². The number of aryl methyl sites for hydroxylation is 1. The molecule has 110 valence electrons. The Balaban J connectivity index is 1.93. The van der Waals surface area contributed by atoms with Crippen LogP contribution in [0.5, 0.6) is 0 Å². The highest BCUT2D eigenvalue weighted by molar-refractivity contribution is 5.59. The number of hydrogen-bond donors (Lipinski definition) is 1. The molecule has 2 saturated heterocycles. The number of rotatable bonds is 4. The molecule has 5 nitrogen and oxygen atoms in total. The van der Waals surface area contributed by atoms with E-state index in [1.165, 1.54) is 12.8 Å². The van der Waals surface area contributed by atoms with Gasteiger partial charge in [0.2, 0.25) is 0 Å². The number of nitrogens with zero attached hydrogens (tertiary/aromatic N) is 3. The van der Waals surface area contributed by atoms with Gasteiger partial charge in [-0.2, -0.15) is 0 Å². The van der Waals surface area contributed by atoms with Crippen LogP contribution in [0.2, 0.25) is 0 Å². The number of fused-ring (bicyclic) bond motifs is 2. The molecule has 5 heteroatoms. The van der Waals surface area contributed by atoms with Crippen molar-refractivity contribution in [1.82, 2.24) is 9.97 Å². The summed E-state index contributed by atoms with van der Waals surface area (Å²) in [6.45, 7) is 9.13. The molecule has 0 spiro atoms. The standard InChI is InChI=1S/C15H24N4O/c1-4-13-17-14(16-5-2)10(3)15(18-13)19-8-11-6-7-12(9-19)20-11/h11-12H,4-9H2,1-3H3,(H,16,17,18). The highest BCUT2D eigenvalue weighted by atomic mass is 16.5. The minimum atomic E-state index is 0.385. The average Bonchev–Trinajstić information content (AvgIpc) is 2.80.